The summed E-state index contributed by atoms with van der Waals surface area (Å²) in [4.78, 5) is 1.29. The summed E-state index contributed by atoms with van der Waals surface area (Å²) in [5, 5.41) is 11.6. The van der Waals surface area contributed by atoms with Gasteiger partial charge in [-0.15, -0.1) is 11.3 Å². The van der Waals surface area contributed by atoms with Gasteiger partial charge in [-0.25, -0.2) is 0 Å². The van der Waals surface area contributed by atoms with E-state index in [1.807, 2.05) is 11.3 Å². The summed E-state index contributed by atoms with van der Waals surface area (Å²) >= 11 is 1.89. The monoisotopic (exact) mass is 601 g/mol. The van der Waals surface area contributed by atoms with Crippen LogP contribution in [0.4, 0.5) is 0 Å². The molecule has 0 fully saturated rings. The zero-order valence-corrected chi connectivity index (χ0v) is 25.8. The van der Waals surface area contributed by atoms with Gasteiger partial charge in [0.2, 0.25) is 0 Å². The van der Waals surface area contributed by atoms with E-state index in [4.69, 9.17) is 0 Å². The average Bonchev–Trinajstić information content (AvgIpc) is 3.65. The van der Waals surface area contributed by atoms with E-state index in [1.165, 1.54) is 91.5 Å². The molecule has 2 heterocycles. The highest BCUT2D eigenvalue weighted by Crippen LogP contribution is 2.48. The molecule has 0 saturated heterocycles. The molecule has 0 radical (unpaired) electrons. The molecule has 0 bridgehead atoms. The summed E-state index contributed by atoms with van der Waals surface area (Å²) in [6.45, 7) is 0. The minimum Gasteiger partial charge on any atom is -0.301 e. The van der Waals surface area contributed by atoms with Gasteiger partial charge in [0.05, 0.1) is 5.52 Å². The lowest BCUT2D eigenvalue weighted by Gasteiger charge is -2.18. The van der Waals surface area contributed by atoms with Crippen molar-refractivity contribution in [2.75, 3.05) is 0 Å². The van der Waals surface area contributed by atoms with Crippen molar-refractivity contribution in [2.24, 2.45) is 0 Å². The van der Waals surface area contributed by atoms with Crippen molar-refractivity contribution in [3.8, 4) is 27.9 Å². The van der Waals surface area contributed by atoms with Gasteiger partial charge in [0, 0.05) is 26.5 Å². The van der Waals surface area contributed by atoms with Crippen LogP contribution in [0.15, 0.2) is 164 Å². The number of rotatable bonds is 3. The molecular weight excluding hydrogens is 575 g/mol. The van der Waals surface area contributed by atoms with Gasteiger partial charge in [-0.1, -0.05) is 140 Å². The van der Waals surface area contributed by atoms with Gasteiger partial charge in [-0.3, -0.25) is 0 Å². The molecule has 8 aromatic carbocycles. The van der Waals surface area contributed by atoms with Crippen molar-refractivity contribution in [3.05, 3.63) is 164 Å². The summed E-state index contributed by atoms with van der Waals surface area (Å²) < 4.78 is 3.74. The van der Waals surface area contributed by atoms with Crippen molar-refractivity contribution in [1.29, 1.82) is 0 Å². The molecule has 10 aromatic rings. The Kier molecular flexibility index (Phi) is 5.51. The van der Waals surface area contributed by atoms with Gasteiger partial charge in [-0.2, -0.15) is 0 Å². The van der Waals surface area contributed by atoms with Crippen LogP contribution in [0.2, 0.25) is 0 Å². The van der Waals surface area contributed by atoms with Crippen molar-refractivity contribution >= 4 is 74.9 Å². The molecule has 0 aliphatic carbocycles. The van der Waals surface area contributed by atoms with E-state index in [9.17, 15) is 0 Å². The van der Waals surface area contributed by atoms with E-state index in [1.54, 1.807) is 0 Å². The van der Waals surface area contributed by atoms with Crippen molar-refractivity contribution in [2.45, 2.75) is 0 Å². The fourth-order valence-electron chi connectivity index (χ4n) is 7.65. The van der Waals surface area contributed by atoms with Crippen LogP contribution in [-0.2, 0) is 0 Å². The third-order valence-electron chi connectivity index (χ3n) is 9.58. The zero-order valence-electron chi connectivity index (χ0n) is 24.9. The third kappa shape index (κ3) is 3.62. The molecule has 214 valence electrons. The smallest absolute Gasteiger partial charge is 0.109 e. The van der Waals surface area contributed by atoms with Crippen LogP contribution in [0.3, 0.4) is 0 Å². The Morgan fingerprint density at radius 2 is 1.00 bits per heavy atom. The molecule has 0 aliphatic heterocycles. The Morgan fingerprint density at radius 1 is 0.413 bits per heavy atom. The minimum absolute atomic E-state index is 1.20. The molecule has 0 aliphatic rings. The predicted octanol–water partition coefficient (Wildman–Crippen LogP) is 12.8. The molecule has 0 amide bonds. The van der Waals surface area contributed by atoms with E-state index >= 15 is 0 Å². The quantitative estimate of drug-likeness (QED) is 0.178. The van der Waals surface area contributed by atoms with Crippen LogP contribution in [0.5, 0.6) is 0 Å². The molecule has 1 nitrogen and oxygen atoms in total. The number of para-hydroxylation sites is 2. The summed E-state index contributed by atoms with van der Waals surface area (Å²) in [6, 6.07) is 60.0. The van der Waals surface area contributed by atoms with Crippen LogP contribution >= 0.6 is 11.3 Å². The van der Waals surface area contributed by atoms with E-state index in [-0.39, 0.29) is 0 Å². The Balaban J connectivity index is 1.28. The van der Waals surface area contributed by atoms with Crippen LogP contribution < -0.4 is 0 Å². The molecular formula is C44H27NS. The fourth-order valence-corrected chi connectivity index (χ4v) is 8.94. The molecule has 0 saturated carbocycles. The van der Waals surface area contributed by atoms with Crippen molar-refractivity contribution < 1.29 is 0 Å². The van der Waals surface area contributed by atoms with E-state index in [0.29, 0.717) is 0 Å². The number of aromatic nitrogens is 1. The molecule has 2 aromatic heterocycles. The van der Waals surface area contributed by atoms with Crippen LogP contribution in [-0.4, -0.2) is 4.57 Å². The second-order valence-corrected chi connectivity index (χ2v) is 13.1. The lowest BCUT2D eigenvalue weighted by molar-refractivity contribution is 1.19. The Hall–Kier alpha value is -5.70. The highest BCUT2D eigenvalue weighted by molar-refractivity contribution is 7.25. The maximum Gasteiger partial charge on any atom is 0.109 e. The lowest BCUT2D eigenvalue weighted by Crippen LogP contribution is -1.91. The molecule has 0 unspecified atom stereocenters. The topological polar surface area (TPSA) is 4.93 Å². The van der Waals surface area contributed by atoms with Gasteiger partial charge in [0.25, 0.3) is 0 Å². The fraction of sp³-hybridized carbons (Fsp3) is 0. The van der Waals surface area contributed by atoms with Crippen LogP contribution in [0, 0.1) is 0 Å². The zero-order chi connectivity index (χ0) is 30.2. The first kappa shape index (κ1) is 25.6. The van der Waals surface area contributed by atoms with Gasteiger partial charge >= 0.3 is 0 Å². The lowest BCUT2D eigenvalue weighted by atomic mass is 9.84. The first-order valence-corrected chi connectivity index (χ1v) is 16.6. The van der Waals surface area contributed by atoms with Crippen LogP contribution in [0.1, 0.15) is 0 Å². The summed E-state index contributed by atoms with van der Waals surface area (Å²) in [6.07, 6.45) is 0. The van der Waals surface area contributed by atoms with Crippen molar-refractivity contribution in [1.82, 2.24) is 4.57 Å². The van der Waals surface area contributed by atoms with E-state index < -0.39 is 0 Å². The maximum atomic E-state index is 2.43. The number of hydrogen-bond donors (Lipinski definition) is 0. The SMILES string of the molecule is c1ccc(-n2c3ccccc3c3c4ccc(-c5c6ccccc6c(-c6cccc7ccccc67)c6ccccc56)cc4sc32)cc1. The molecule has 46 heavy (non-hydrogen) atoms. The third-order valence-corrected chi connectivity index (χ3v) is 10.7. The molecule has 0 N–H and O–H groups in total. The summed E-state index contributed by atoms with van der Waals surface area (Å²) in [5.41, 5.74) is 7.58. The van der Waals surface area contributed by atoms with Gasteiger partial charge in [0.1, 0.15) is 4.83 Å². The maximum absolute atomic E-state index is 2.43. The average molecular weight is 602 g/mol. The van der Waals surface area contributed by atoms with Crippen LogP contribution in [0.25, 0.3) is 91.5 Å². The Bertz CT molecular complexity index is 2740. The minimum atomic E-state index is 1.20. The first-order valence-electron chi connectivity index (χ1n) is 15.8. The second kappa shape index (κ2) is 9.90. The van der Waals surface area contributed by atoms with Crippen molar-refractivity contribution in [3.63, 3.8) is 0 Å². The number of fused-ring (bicyclic) bond motifs is 8. The summed E-state index contributed by atoms with van der Waals surface area (Å²) in [5.74, 6) is 0. The predicted molar refractivity (Wildman–Crippen MR) is 200 cm³/mol. The Morgan fingerprint density at radius 3 is 1.74 bits per heavy atom. The molecule has 0 atom stereocenters. The number of hydrogen-bond acceptors (Lipinski definition) is 1. The largest absolute Gasteiger partial charge is 0.301 e. The first-order chi connectivity index (χ1) is 22.8. The normalized spacial score (nSPS) is 11.9. The second-order valence-electron chi connectivity index (χ2n) is 12.0. The summed E-state index contributed by atoms with van der Waals surface area (Å²) in [7, 11) is 0. The standard InChI is InChI=1S/C44H27NS/c1-2-15-30(16-3-1)45-39-24-11-10-22-37(39)43-38-26-25-29(27-40(38)46-44(43)45)41-33-18-6-8-20-35(33)42(36-21-9-7-19-34(36)41)32-23-12-14-28-13-4-5-17-31(28)32/h1-27H. The molecule has 2 heteroatoms. The number of benzene rings is 8. The van der Waals surface area contributed by atoms with Gasteiger partial charge in [-0.05, 0) is 78.8 Å². The van der Waals surface area contributed by atoms with E-state index in [0.717, 1.165) is 0 Å². The van der Waals surface area contributed by atoms with Gasteiger partial charge in [0.15, 0.2) is 0 Å². The highest BCUT2D eigenvalue weighted by atomic mass is 32.1. The molecule has 10 rings (SSSR count). The highest BCUT2D eigenvalue weighted by Gasteiger charge is 2.20. The molecule has 0 spiro atoms. The number of thiophene rings is 1. The van der Waals surface area contributed by atoms with Gasteiger partial charge < -0.3 is 4.57 Å². The Labute approximate surface area is 270 Å². The number of nitrogens with zero attached hydrogens (tertiary/aromatic N) is 1. The van der Waals surface area contributed by atoms with E-state index in [2.05, 4.69) is 168 Å².